The molecule has 1 fully saturated rings. The number of anilines is 1. The predicted molar refractivity (Wildman–Crippen MR) is 68.6 cm³/mol. The highest BCUT2D eigenvalue weighted by Crippen LogP contribution is 2.36. The van der Waals surface area contributed by atoms with E-state index in [2.05, 4.69) is 43.2 Å². The average Bonchev–Trinajstić information content (AvgIpc) is 2.24. The molecule has 0 saturated heterocycles. The highest BCUT2D eigenvalue weighted by atomic mass is 15.0. The van der Waals surface area contributed by atoms with E-state index < -0.39 is 0 Å². The van der Waals surface area contributed by atoms with E-state index in [1.807, 2.05) is 6.20 Å². The highest BCUT2D eigenvalue weighted by molar-refractivity contribution is 5.37. The Hall–Kier alpha value is -1.05. The number of pyridine rings is 1. The quantitative estimate of drug-likeness (QED) is 0.817. The lowest BCUT2D eigenvalue weighted by molar-refractivity contribution is 0.216. The Kier molecular flexibility index (Phi) is 3.17. The molecular formula is C14H22N2. The lowest BCUT2D eigenvalue weighted by atomic mass is 9.73. The Morgan fingerprint density at radius 1 is 1.31 bits per heavy atom. The largest absolute Gasteiger partial charge is 0.367 e. The van der Waals surface area contributed by atoms with Crippen LogP contribution in [0, 0.1) is 12.3 Å². The van der Waals surface area contributed by atoms with Crippen LogP contribution in [0.4, 0.5) is 5.82 Å². The van der Waals surface area contributed by atoms with Crippen molar-refractivity contribution in [3.63, 3.8) is 0 Å². The van der Waals surface area contributed by atoms with Crippen LogP contribution in [-0.2, 0) is 0 Å². The molecule has 2 nitrogen and oxygen atoms in total. The molecule has 2 rings (SSSR count). The third-order valence-corrected chi connectivity index (χ3v) is 3.74. The Balaban J connectivity index is 2.05. The standard InChI is InChI=1S/C14H22N2/c1-11-7-8-13(15-10-11)16-12-6-4-5-9-14(12,2)3/h7-8,10,12H,4-6,9H2,1-3H3,(H,15,16). The van der Waals surface area contributed by atoms with Gasteiger partial charge in [0.15, 0.2) is 0 Å². The van der Waals surface area contributed by atoms with Gasteiger partial charge in [-0.25, -0.2) is 4.98 Å². The monoisotopic (exact) mass is 218 g/mol. The summed E-state index contributed by atoms with van der Waals surface area (Å²) in [5.74, 6) is 1.02. The summed E-state index contributed by atoms with van der Waals surface area (Å²) in [6.07, 6.45) is 7.22. The third-order valence-electron chi connectivity index (χ3n) is 3.74. The summed E-state index contributed by atoms with van der Waals surface area (Å²) in [7, 11) is 0. The van der Waals surface area contributed by atoms with Gasteiger partial charge in [-0.1, -0.05) is 32.8 Å². The summed E-state index contributed by atoms with van der Waals surface area (Å²) in [6.45, 7) is 6.79. The molecule has 1 heterocycles. The molecule has 1 saturated carbocycles. The van der Waals surface area contributed by atoms with Gasteiger partial charge in [-0.05, 0) is 36.8 Å². The van der Waals surface area contributed by atoms with Gasteiger partial charge in [-0.15, -0.1) is 0 Å². The van der Waals surface area contributed by atoms with Crippen molar-refractivity contribution in [1.82, 2.24) is 4.98 Å². The minimum absolute atomic E-state index is 0.394. The van der Waals surface area contributed by atoms with E-state index in [1.165, 1.54) is 31.2 Å². The summed E-state index contributed by atoms with van der Waals surface area (Å²) in [5.41, 5.74) is 1.61. The van der Waals surface area contributed by atoms with Crippen molar-refractivity contribution in [3.05, 3.63) is 23.9 Å². The van der Waals surface area contributed by atoms with Gasteiger partial charge in [0.1, 0.15) is 5.82 Å². The zero-order chi connectivity index (χ0) is 11.6. The molecule has 1 aliphatic rings. The molecule has 1 atom stereocenters. The molecule has 0 bridgehead atoms. The maximum Gasteiger partial charge on any atom is 0.126 e. The van der Waals surface area contributed by atoms with Gasteiger partial charge in [-0.2, -0.15) is 0 Å². The van der Waals surface area contributed by atoms with Crippen LogP contribution in [0.3, 0.4) is 0 Å². The number of rotatable bonds is 2. The number of aryl methyl sites for hydroxylation is 1. The van der Waals surface area contributed by atoms with Crippen molar-refractivity contribution >= 4 is 5.82 Å². The fourth-order valence-electron chi connectivity index (χ4n) is 2.49. The summed E-state index contributed by atoms with van der Waals surface area (Å²) in [5, 5.41) is 3.59. The Bertz CT molecular complexity index is 340. The van der Waals surface area contributed by atoms with Crippen molar-refractivity contribution in [2.45, 2.75) is 52.5 Å². The first kappa shape index (κ1) is 11.4. The second-order valence-corrected chi connectivity index (χ2v) is 5.65. The maximum absolute atomic E-state index is 4.43. The maximum atomic E-state index is 4.43. The van der Waals surface area contributed by atoms with E-state index in [9.17, 15) is 0 Å². The van der Waals surface area contributed by atoms with Crippen molar-refractivity contribution in [1.29, 1.82) is 0 Å². The first-order valence-corrected chi connectivity index (χ1v) is 6.27. The SMILES string of the molecule is Cc1ccc(NC2CCCCC2(C)C)nc1. The van der Waals surface area contributed by atoms with E-state index in [-0.39, 0.29) is 0 Å². The van der Waals surface area contributed by atoms with Crippen LogP contribution in [0.25, 0.3) is 0 Å². The molecule has 0 spiro atoms. The summed E-state index contributed by atoms with van der Waals surface area (Å²) >= 11 is 0. The van der Waals surface area contributed by atoms with Gasteiger partial charge in [0, 0.05) is 12.2 Å². The molecule has 0 aromatic carbocycles. The molecule has 1 unspecified atom stereocenters. The first-order valence-electron chi connectivity index (χ1n) is 6.27. The molecule has 88 valence electrons. The van der Waals surface area contributed by atoms with Crippen molar-refractivity contribution in [2.75, 3.05) is 5.32 Å². The van der Waals surface area contributed by atoms with Crippen LogP contribution in [0.5, 0.6) is 0 Å². The molecule has 16 heavy (non-hydrogen) atoms. The zero-order valence-corrected chi connectivity index (χ0v) is 10.6. The number of aromatic nitrogens is 1. The van der Waals surface area contributed by atoms with Crippen molar-refractivity contribution in [3.8, 4) is 0 Å². The van der Waals surface area contributed by atoms with Crippen LogP contribution in [0.1, 0.15) is 45.1 Å². The highest BCUT2D eigenvalue weighted by Gasteiger charge is 2.32. The van der Waals surface area contributed by atoms with E-state index in [1.54, 1.807) is 0 Å². The Morgan fingerprint density at radius 2 is 2.12 bits per heavy atom. The molecule has 1 aromatic rings. The molecule has 0 amide bonds. The number of hydrogen-bond acceptors (Lipinski definition) is 2. The zero-order valence-electron chi connectivity index (χ0n) is 10.6. The summed E-state index contributed by atoms with van der Waals surface area (Å²) in [4.78, 5) is 4.43. The second-order valence-electron chi connectivity index (χ2n) is 5.65. The number of nitrogens with zero attached hydrogens (tertiary/aromatic N) is 1. The molecule has 1 aromatic heterocycles. The van der Waals surface area contributed by atoms with Crippen LogP contribution >= 0.6 is 0 Å². The van der Waals surface area contributed by atoms with Gasteiger partial charge in [0.05, 0.1) is 0 Å². The lowest BCUT2D eigenvalue weighted by Gasteiger charge is -2.39. The summed E-state index contributed by atoms with van der Waals surface area (Å²) in [6, 6.07) is 4.77. The van der Waals surface area contributed by atoms with E-state index >= 15 is 0 Å². The van der Waals surface area contributed by atoms with Crippen LogP contribution in [-0.4, -0.2) is 11.0 Å². The first-order chi connectivity index (χ1) is 7.58. The molecule has 1 N–H and O–H groups in total. The summed E-state index contributed by atoms with van der Waals surface area (Å²) < 4.78 is 0. The lowest BCUT2D eigenvalue weighted by Crippen LogP contribution is -2.39. The Labute approximate surface area is 98.5 Å². The van der Waals surface area contributed by atoms with Crippen LogP contribution in [0.15, 0.2) is 18.3 Å². The van der Waals surface area contributed by atoms with E-state index in [0.29, 0.717) is 11.5 Å². The topological polar surface area (TPSA) is 24.9 Å². The van der Waals surface area contributed by atoms with Gasteiger partial charge < -0.3 is 5.32 Å². The van der Waals surface area contributed by atoms with Crippen molar-refractivity contribution < 1.29 is 0 Å². The van der Waals surface area contributed by atoms with Gasteiger partial charge in [-0.3, -0.25) is 0 Å². The smallest absolute Gasteiger partial charge is 0.126 e. The van der Waals surface area contributed by atoms with Crippen LogP contribution in [0.2, 0.25) is 0 Å². The second kappa shape index (κ2) is 4.44. The molecule has 2 heteroatoms. The minimum Gasteiger partial charge on any atom is -0.367 e. The van der Waals surface area contributed by atoms with Crippen molar-refractivity contribution in [2.24, 2.45) is 5.41 Å². The predicted octanol–water partition coefficient (Wildman–Crippen LogP) is 3.77. The van der Waals surface area contributed by atoms with Gasteiger partial charge in [0.2, 0.25) is 0 Å². The minimum atomic E-state index is 0.394. The third kappa shape index (κ3) is 2.55. The van der Waals surface area contributed by atoms with E-state index in [0.717, 1.165) is 5.82 Å². The molecule has 0 aliphatic heterocycles. The fourth-order valence-corrected chi connectivity index (χ4v) is 2.49. The Morgan fingerprint density at radius 3 is 2.75 bits per heavy atom. The fraction of sp³-hybridized carbons (Fsp3) is 0.643. The average molecular weight is 218 g/mol. The van der Waals surface area contributed by atoms with Gasteiger partial charge >= 0.3 is 0 Å². The number of nitrogens with one attached hydrogen (secondary N) is 1. The van der Waals surface area contributed by atoms with Crippen LogP contribution < -0.4 is 5.32 Å². The van der Waals surface area contributed by atoms with E-state index in [4.69, 9.17) is 0 Å². The van der Waals surface area contributed by atoms with Gasteiger partial charge in [0.25, 0.3) is 0 Å². The normalized spacial score (nSPS) is 24.1. The molecule has 1 aliphatic carbocycles. The number of hydrogen-bond donors (Lipinski definition) is 1. The molecular weight excluding hydrogens is 196 g/mol. The molecule has 0 radical (unpaired) electrons.